The van der Waals surface area contributed by atoms with Crippen LogP contribution in [-0.2, 0) is 6.42 Å². The number of hydrogen-bond acceptors (Lipinski definition) is 1. The number of rotatable bonds is 2. The summed E-state index contributed by atoms with van der Waals surface area (Å²) in [4.78, 5) is 4.61. The highest BCUT2D eigenvalue weighted by Crippen LogP contribution is 2.22. The molecule has 0 aliphatic rings. The number of benzene rings is 1. The smallest absolute Gasteiger partial charge is 0.132 e. The zero-order valence-corrected chi connectivity index (χ0v) is 12.7. The molecule has 0 amide bonds. The summed E-state index contributed by atoms with van der Waals surface area (Å²) in [7, 11) is 0. The third kappa shape index (κ3) is 2.40. The Bertz CT molecular complexity index is 732. The van der Waals surface area contributed by atoms with Crippen LogP contribution in [0.15, 0.2) is 47.1 Å². The lowest BCUT2D eigenvalue weighted by Gasteiger charge is -2.05. The first kappa shape index (κ1) is 12.7. The minimum absolute atomic E-state index is 0.758. The van der Waals surface area contributed by atoms with Crippen molar-refractivity contribution >= 4 is 33.0 Å². The average Bonchev–Trinajstić information content (AvgIpc) is 2.71. The second kappa shape index (κ2) is 4.99. The topological polar surface area (TPSA) is 17.3 Å². The predicted molar refractivity (Wildman–Crippen MR) is 81.9 cm³/mol. The maximum absolute atomic E-state index is 5.91. The van der Waals surface area contributed by atoms with Crippen LogP contribution in [0.3, 0.4) is 0 Å². The Hall–Kier alpha value is -1.32. The molecule has 0 aliphatic heterocycles. The van der Waals surface area contributed by atoms with Gasteiger partial charge in [-0.3, -0.25) is 4.40 Å². The van der Waals surface area contributed by atoms with Gasteiger partial charge in [0, 0.05) is 17.1 Å². The van der Waals surface area contributed by atoms with E-state index in [2.05, 4.69) is 44.4 Å². The monoisotopic (exact) mass is 334 g/mol. The van der Waals surface area contributed by atoms with Gasteiger partial charge in [0.05, 0.1) is 5.52 Å². The van der Waals surface area contributed by atoms with Crippen LogP contribution in [0.1, 0.15) is 17.1 Å². The summed E-state index contributed by atoms with van der Waals surface area (Å²) in [5.41, 5.74) is 3.48. The molecule has 4 heteroatoms. The Balaban J connectivity index is 2.08. The van der Waals surface area contributed by atoms with Crippen LogP contribution in [0.5, 0.6) is 0 Å². The summed E-state index contributed by atoms with van der Waals surface area (Å²) in [6.45, 7) is 2.09. The van der Waals surface area contributed by atoms with Gasteiger partial charge in [-0.15, -0.1) is 0 Å². The molecule has 0 radical (unpaired) electrons. The normalized spacial score (nSPS) is 11.1. The van der Waals surface area contributed by atoms with Crippen molar-refractivity contribution in [3.8, 4) is 0 Å². The Kier molecular flexibility index (Phi) is 3.33. The van der Waals surface area contributed by atoms with E-state index in [1.165, 1.54) is 11.3 Å². The van der Waals surface area contributed by atoms with E-state index in [9.17, 15) is 0 Å². The number of aromatic nitrogens is 2. The molecule has 0 atom stereocenters. The molecule has 0 spiro atoms. The van der Waals surface area contributed by atoms with Gasteiger partial charge in [0.15, 0.2) is 0 Å². The van der Waals surface area contributed by atoms with Crippen LogP contribution in [0.2, 0.25) is 5.02 Å². The molecular weight excluding hydrogens is 324 g/mol. The third-order valence-electron chi connectivity index (χ3n) is 3.16. The molecule has 2 heterocycles. The van der Waals surface area contributed by atoms with E-state index in [4.69, 9.17) is 11.6 Å². The van der Waals surface area contributed by atoms with E-state index in [0.717, 1.165) is 27.4 Å². The minimum Gasteiger partial charge on any atom is -0.300 e. The molecule has 19 heavy (non-hydrogen) atoms. The highest BCUT2D eigenvalue weighted by Gasteiger charge is 2.10. The summed E-state index contributed by atoms with van der Waals surface area (Å²) < 4.78 is 3.07. The van der Waals surface area contributed by atoms with Crippen LogP contribution in [-0.4, -0.2) is 9.38 Å². The summed E-state index contributed by atoms with van der Waals surface area (Å²) in [6, 6.07) is 14.1. The Morgan fingerprint density at radius 3 is 2.63 bits per heavy atom. The molecule has 3 rings (SSSR count). The average molecular weight is 336 g/mol. The van der Waals surface area contributed by atoms with Crippen molar-refractivity contribution < 1.29 is 0 Å². The largest absolute Gasteiger partial charge is 0.300 e. The summed E-state index contributed by atoms with van der Waals surface area (Å²) in [6.07, 6.45) is 0.786. The van der Waals surface area contributed by atoms with Gasteiger partial charge in [-0.25, -0.2) is 4.98 Å². The molecule has 0 aliphatic carbocycles. The number of fused-ring (bicyclic) bond motifs is 1. The Morgan fingerprint density at radius 2 is 1.89 bits per heavy atom. The fraction of sp³-hybridized carbons (Fsp3) is 0.133. The quantitative estimate of drug-likeness (QED) is 0.666. The highest BCUT2D eigenvalue weighted by atomic mass is 79.9. The van der Waals surface area contributed by atoms with Gasteiger partial charge in [-0.1, -0.05) is 29.8 Å². The van der Waals surface area contributed by atoms with Gasteiger partial charge in [0.2, 0.25) is 0 Å². The molecule has 96 valence electrons. The zero-order chi connectivity index (χ0) is 13.4. The van der Waals surface area contributed by atoms with E-state index < -0.39 is 0 Å². The number of nitrogens with zero attached hydrogens (tertiary/aromatic N) is 2. The standard InChI is InChI=1S/C15H12BrClN2/c1-10-3-2-4-13-15(16)18-14(19(10)13)9-11-5-7-12(17)8-6-11/h2-8H,9H2,1H3. The number of pyridine rings is 1. The van der Waals surface area contributed by atoms with Gasteiger partial charge in [0.25, 0.3) is 0 Å². The van der Waals surface area contributed by atoms with Crippen molar-refractivity contribution in [3.63, 3.8) is 0 Å². The minimum atomic E-state index is 0.758. The van der Waals surface area contributed by atoms with Crippen molar-refractivity contribution in [1.82, 2.24) is 9.38 Å². The van der Waals surface area contributed by atoms with Crippen LogP contribution < -0.4 is 0 Å². The predicted octanol–water partition coefficient (Wildman–Crippen LogP) is 4.65. The van der Waals surface area contributed by atoms with Crippen LogP contribution in [0, 0.1) is 6.92 Å². The maximum atomic E-state index is 5.91. The van der Waals surface area contributed by atoms with Crippen LogP contribution >= 0.6 is 27.5 Å². The van der Waals surface area contributed by atoms with Gasteiger partial charge >= 0.3 is 0 Å². The zero-order valence-electron chi connectivity index (χ0n) is 10.4. The molecule has 2 aromatic heterocycles. The molecule has 3 aromatic rings. The van der Waals surface area contributed by atoms with Crippen molar-refractivity contribution in [1.29, 1.82) is 0 Å². The lowest BCUT2D eigenvalue weighted by molar-refractivity contribution is 0.931. The van der Waals surface area contributed by atoms with Crippen LogP contribution in [0.4, 0.5) is 0 Å². The van der Waals surface area contributed by atoms with E-state index in [1.807, 2.05) is 30.3 Å². The Labute approximate surface area is 125 Å². The molecule has 1 aromatic carbocycles. The molecule has 0 saturated carbocycles. The Morgan fingerprint density at radius 1 is 1.16 bits per heavy atom. The second-order valence-corrected chi connectivity index (χ2v) is 5.70. The molecular formula is C15H12BrClN2. The van der Waals surface area contributed by atoms with Crippen molar-refractivity contribution in [2.24, 2.45) is 0 Å². The number of hydrogen-bond donors (Lipinski definition) is 0. The lowest BCUT2D eigenvalue weighted by Crippen LogP contribution is -1.99. The second-order valence-electron chi connectivity index (χ2n) is 4.51. The molecule has 0 N–H and O–H groups in total. The van der Waals surface area contributed by atoms with E-state index in [1.54, 1.807) is 0 Å². The summed E-state index contributed by atoms with van der Waals surface area (Å²) in [5, 5.41) is 0.758. The molecule has 0 saturated heterocycles. The van der Waals surface area contributed by atoms with Crippen molar-refractivity contribution in [3.05, 3.63) is 69.2 Å². The van der Waals surface area contributed by atoms with Gasteiger partial charge in [0.1, 0.15) is 10.4 Å². The molecule has 0 bridgehead atoms. The summed E-state index contributed by atoms with van der Waals surface area (Å²) >= 11 is 9.43. The third-order valence-corrected chi connectivity index (χ3v) is 3.99. The molecule has 0 unspecified atom stereocenters. The van der Waals surface area contributed by atoms with Crippen LogP contribution in [0.25, 0.3) is 5.52 Å². The number of imidazole rings is 1. The van der Waals surface area contributed by atoms with Gasteiger partial charge in [-0.2, -0.15) is 0 Å². The van der Waals surface area contributed by atoms with Gasteiger partial charge in [-0.05, 0) is 52.7 Å². The van der Waals surface area contributed by atoms with Gasteiger partial charge < -0.3 is 0 Å². The first-order chi connectivity index (χ1) is 9.15. The van der Waals surface area contributed by atoms with E-state index in [-0.39, 0.29) is 0 Å². The fourth-order valence-electron chi connectivity index (χ4n) is 2.25. The SMILES string of the molecule is Cc1cccc2c(Br)nc(Cc3ccc(Cl)cc3)n12. The van der Waals surface area contributed by atoms with Crippen molar-refractivity contribution in [2.75, 3.05) is 0 Å². The summed E-state index contributed by atoms with van der Waals surface area (Å²) in [5.74, 6) is 1.03. The molecule has 0 fully saturated rings. The molecule has 2 nitrogen and oxygen atoms in total. The fourth-order valence-corrected chi connectivity index (χ4v) is 2.89. The number of aryl methyl sites for hydroxylation is 1. The lowest BCUT2D eigenvalue weighted by atomic mass is 10.1. The number of halogens is 2. The maximum Gasteiger partial charge on any atom is 0.132 e. The highest BCUT2D eigenvalue weighted by molar-refractivity contribution is 9.10. The van der Waals surface area contributed by atoms with Crippen molar-refractivity contribution in [2.45, 2.75) is 13.3 Å². The first-order valence-electron chi connectivity index (χ1n) is 6.02. The first-order valence-corrected chi connectivity index (χ1v) is 7.19. The van der Waals surface area contributed by atoms with E-state index >= 15 is 0 Å². The van der Waals surface area contributed by atoms with E-state index in [0.29, 0.717) is 0 Å².